The first-order chi connectivity index (χ1) is 16.8. The van der Waals surface area contributed by atoms with E-state index < -0.39 is 10.0 Å². The van der Waals surface area contributed by atoms with Crippen LogP contribution in [-0.4, -0.2) is 43.8 Å². The number of amides is 1. The zero-order valence-corrected chi connectivity index (χ0v) is 21.8. The summed E-state index contributed by atoms with van der Waals surface area (Å²) in [4.78, 5) is 19.9. The highest BCUT2D eigenvalue weighted by atomic mass is 35.5. The number of rotatable bonds is 9. The van der Waals surface area contributed by atoms with Crippen LogP contribution in [0.3, 0.4) is 0 Å². The van der Waals surface area contributed by atoms with Crippen LogP contribution in [0, 0.1) is 0 Å². The highest BCUT2D eigenvalue weighted by molar-refractivity contribution is 7.89. The van der Waals surface area contributed by atoms with Gasteiger partial charge >= 0.3 is 0 Å². The topological polar surface area (TPSA) is 93.0 Å². The lowest BCUT2D eigenvalue weighted by Crippen LogP contribution is -2.31. The van der Waals surface area contributed by atoms with Crippen molar-refractivity contribution in [3.8, 4) is 5.75 Å². The van der Waals surface area contributed by atoms with Crippen molar-refractivity contribution < 1.29 is 22.4 Å². The molecule has 0 unspecified atom stereocenters. The third-order valence-corrected chi connectivity index (χ3v) is 9.08. The van der Waals surface area contributed by atoms with E-state index in [1.807, 2.05) is 0 Å². The summed E-state index contributed by atoms with van der Waals surface area (Å²) in [5.74, 6) is 0.752. The van der Waals surface area contributed by atoms with E-state index in [1.54, 1.807) is 45.2 Å². The van der Waals surface area contributed by atoms with Gasteiger partial charge < -0.3 is 9.15 Å². The van der Waals surface area contributed by atoms with Crippen molar-refractivity contribution in [3.63, 3.8) is 0 Å². The second-order valence-corrected chi connectivity index (χ2v) is 10.8. The molecule has 0 spiro atoms. The van der Waals surface area contributed by atoms with Crippen LogP contribution in [0.2, 0.25) is 5.02 Å². The third-order valence-electron chi connectivity index (χ3n) is 5.48. The fourth-order valence-electron chi connectivity index (χ4n) is 3.64. The lowest BCUT2D eigenvalue weighted by Gasteiger charge is -2.20. The molecule has 35 heavy (non-hydrogen) atoms. The Morgan fingerprint density at radius 1 is 1.11 bits per heavy atom. The Morgan fingerprint density at radius 2 is 1.83 bits per heavy atom. The van der Waals surface area contributed by atoms with Crippen molar-refractivity contribution in [1.29, 1.82) is 0 Å². The van der Waals surface area contributed by atoms with Gasteiger partial charge in [-0.05, 0) is 48.5 Å². The Balaban J connectivity index is 1.73. The molecule has 184 valence electrons. The number of benzene rings is 2. The van der Waals surface area contributed by atoms with Gasteiger partial charge in [-0.25, -0.2) is 13.4 Å². The molecular formula is C24H24ClN3O5S2. The SMILES string of the molecule is CCN(CC)S(=O)(=O)c1ccc(C(=O)N(Cc2ccco2)c2nc3c(OC)ccc(Cl)c3s2)cc1. The van der Waals surface area contributed by atoms with Crippen molar-refractivity contribution in [2.24, 2.45) is 0 Å². The number of hydrogen-bond donors (Lipinski definition) is 0. The number of halogens is 1. The first-order valence-electron chi connectivity index (χ1n) is 10.9. The van der Waals surface area contributed by atoms with Crippen LogP contribution in [0.4, 0.5) is 5.13 Å². The van der Waals surface area contributed by atoms with E-state index in [0.29, 0.717) is 50.5 Å². The smallest absolute Gasteiger partial charge is 0.260 e. The Hall–Kier alpha value is -2.92. The summed E-state index contributed by atoms with van der Waals surface area (Å²) in [7, 11) is -2.09. The molecule has 2 aromatic heterocycles. The minimum absolute atomic E-state index is 0.130. The largest absolute Gasteiger partial charge is 0.494 e. The van der Waals surface area contributed by atoms with Crippen molar-refractivity contribution in [3.05, 3.63) is 71.1 Å². The fourth-order valence-corrected chi connectivity index (χ4v) is 6.36. The minimum Gasteiger partial charge on any atom is -0.494 e. The van der Waals surface area contributed by atoms with Gasteiger partial charge in [-0.15, -0.1) is 0 Å². The van der Waals surface area contributed by atoms with E-state index in [-0.39, 0.29) is 17.3 Å². The van der Waals surface area contributed by atoms with Crippen LogP contribution >= 0.6 is 22.9 Å². The summed E-state index contributed by atoms with van der Waals surface area (Å²) in [6.45, 7) is 4.42. The Bertz CT molecular complexity index is 1430. The van der Waals surface area contributed by atoms with E-state index in [9.17, 15) is 13.2 Å². The van der Waals surface area contributed by atoms with E-state index in [0.717, 1.165) is 0 Å². The van der Waals surface area contributed by atoms with Gasteiger partial charge in [0, 0.05) is 18.7 Å². The normalized spacial score (nSPS) is 11.8. The minimum atomic E-state index is -3.63. The van der Waals surface area contributed by atoms with Crippen molar-refractivity contribution in [2.75, 3.05) is 25.1 Å². The van der Waals surface area contributed by atoms with Crippen LogP contribution < -0.4 is 9.64 Å². The molecule has 0 aliphatic heterocycles. The molecule has 0 fully saturated rings. The van der Waals surface area contributed by atoms with Gasteiger partial charge in [-0.2, -0.15) is 4.31 Å². The van der Waals surface area contributed by atoms with Gasteiger partial charge in [0.15, 0.2) is 5.13 Å². The number of hydrogen-bond acceptors (Lipinski definition) is 7. The number of methoxy groups -OCH3 is 1. The van der Waals surface area contributed by atoms with E-state index >= 15 is 0 Å². The number of anilines is 1. The molecule has 8 nitrogen and oxygen atoms in total. The van der Waals surface area contributed by atoms with Gasteiger partial charge in [-0.3, -0.25) is 9.69 Å². The lowest BCUT2D eigenvalue weighted by molar-refractivity contribution is 0.0983. The maximum atomic E-state index is 13.6. The second-order valence-electron chi connectivity index (χ2n) is 7.51. The molecule has 4 aromatic rings. The number of sulfonamides is 1. The standard InChI is InChI=1S/C24H24ClN3O5S2/c1-4-27(5-2)35(30,31)18-10-8-16(9-11-18)23(29)28(15-17-7-6-14-33-17)24-26-21-20(32-3)13-12-19(25)22(21)34-24/h6-14H,4-5,15H2,1-3H3. The molecule has 0 bridgehead atoms. The number of carbonyl (C=O) groups is 1. The molecule has 0 radical (unpaired) electrons. The summed E-state index contributed by atoms with van der Waals surface area (Å²) in [5, 5.41) is 0.911. The van der Waals surface area contributed by atoms with E-state index in [4.69, 9.17) is 20.8 Å². The van der Waals surface area contributed by atoms with E-state index in [2.05, 4.69) is 4.98 Å². The summed E-state index contributed by atoms with van der Waals surface area (Å²) >= 11 is 7.65. The first kappa shape index (κ1) is 25.2. The molecule has 0 aliphatic carbocycles. The molecule has 0 saturated heterocycles. The fraction of sp³-hybridized carbons (Fsp3) is 0.250. The molecule has 0 N–H and O–H groups in total. The molecule has 2 heterocycles. The number of thiazole rings is 1. The number of fused-ring (bicyclic) bond motifs is 1. The molecule has 1 amide bonds. The maximum absolute atomic E-state index is 13.6. The van der Waals surface area contributed by atoms with Gasteiger partial charge in [0.25, 0.3) is 5.91 Å². The van der Waals surface area contributed by atoms with Gasteiger partial charge in [0.05, 0.1) is 34.5 Å². The Labute approximate surface area is 212 Å². The van der Waals surface area contributed by atoms with Gasteiger partial charge in [0.1, 0.15) is 17.0 Å². The molecule has 4 rings (SSSR count). The molecule has 0 saturated carbocycles. The number of nitrogens with zero attached hydrogens (tertiary/aromatic N) is 3. The Morgan fingerprint density at radius 3 is 2.43 bits per heavy atom. The molecule has 0 atom stereocenters. The zero-order chi connectivity index (χ0) is 25.2. The summed E-state index contributed by atoms with van der Waals surface area (Å²) in [6, 6.07) is 12.9. The summed E-state index contributed by atoms with van der Waals surface area (Å²) in [5.41, 5.74) is 0.866. The second kappa shape index (κ2) is 10.4. The summed E-state index contributed by atoms with van der Waals surface area (Å²) < 4.78 is 38.6. The van der Waals surface area contributed by atoms with Gasteiger partial charge in [0.2, 0.25) is 10.0 Å². The van der Waals surface area contributed by atoms with E-state index in [1.165, 1.54) is 51.1 Å². The maximum Gasteiger partial charge on any atom is 0.260 e. The van der Waals surface area contributed by atoms with Crippen molar-refractivity contribution in [2.45, 2.75) is 25.3 Å². The van der Waals surface area contributed by atoms with Crippen molar-refractivity contribution in [1.82, 2.24) is 9.29 Å². The van der Waals surface area contributed by atoms with Crippen LogP contribution in [0.25, 0.3) is 10.2 Å². The van der Waals surface area contributed by atoms with Crippen LogP contribution in [0.5, 0.6) is 5.75 Å². The number of carbonyl (C=O) groups excluding carboxylic acids is 1. The van der Waals surface area contributed by atoms with Crippen LogP contribution in [-0.2, 0) is 16.6 Å². The average Bonchev–Trinajstić information content (AvgIpc) is 3.54. The number of aromatic nitrogens is 1. The van der Waals surface area contributed by atoms with Crippen molar-refractivity contribution >= 4 is 54.2 Å². The van der Waals surface area contributed by atoms with Gasteiger partial charge in [-0.1, -0.05) is 36.8 Å². The average molecular weight is 534 g/mol. The van der Waals surface area contributed by atoms with Crippen LogP contribution in [0.1, 0.15) is 30.0 Å². The Kier molecular flexibility index (Phi) is 7.46. The quantitative estimate of drug-likeness (QED) is 0.285. The highest BCUT2D eigenvalue weighted by Crippen LogP contribution is 2.39. The molecule has 2 aromatic carbocycles. The highest BCUT2D eigenvalue weighted by Gasteiger charge is 2.26. The molecule has 0 aliphatic rings. The predicted molar refractivity (Wildman–Crippen MR) is 137 cm³/mol. The first-order valence-corrected chi connectivity index (χ1v) is 13.5. The number of ether oxygens (including phenoxy) is 1. The summed E-state index contributed by atoms with van der Waals surface area (Å²) in [6.07, 6.45) is 1.53. The molecular weight excluding hydrogens is 510 g/mol. The zero-order valence-electron chi connectivity index (χ0n) is 19.4. The van der Waals surface area contributed by atoms with Crippen LogP contribution in [0.15, 0.2) is 64.1 Å². The number of furan rings is 1. The predicted octanol–water partition coefficient (Wildman–Crippen LogP) is 5.43. The third kappa shape index (κ3) is 4.92. The molecule has 11 heteroatoms. The monoisotopic (exact) mass is 533 g/mol. The lowest BCUT2D eigenvalue weighted by atomic mass is 10.2.